The summed E-state index contributed by atoms with van der Waals surface area (Å²) in [6.45, 7) is 5.98. The Balaban J connectivity index is 2.33. The third kappa shape index (κ3) is 3.23. The first-order valence-electron chi connectivity index (χ1n) is 5.97. The molecule has 2 rings (SSSR count). The van der Waals surface area contributed by atoms with Gasteiger partial charge in [-0.15, -0.1) is 0 Å². The van der Waals surface area contributed by atoms with Gasteiger partial charge < -0.3 is 10.1 Å². The summed E-state index contributed by atoms with van der Waals surface area (Å²) in [5, 5.41) is 2.92. The minimum absolute atomic E-state index is 0.540. The molecule has 2 aromatic rings. The van der Waals surface area contributed by atoms with E-state index in [0.29, 0.717) is 11.8 Å². The zero-order chi connectivity index (χ0) is 14.0. The molecule has 1 aromatic heterocycles. The molecule has 0 aliphatic carbocycles. The lowest BCUT2D eigenvalue weighted by molar-refractivity contribution is 0.461. The molecule has 100 valence electrons. The predicted molar refractivity (Wildman–Crippen MR) is 80.0 cm³/mol. The number of anilines is 1. The monoisotopic (exact) mass is 321 g/mol. The van der Waals surface area contributed by atoms with Crippen LogP contribution in [0.2, 0.25) is 0 Å². The molecule has 0 bridgehead atoms. The highest BCUT2D eigenvalue weighted by Gasteiger charge is 2.07. The molecule has 0 atom stereocenters. The van der Waals surface area contributed by atoms with Crippen molar-refractivity contribution in [2.24, 2.45) is 0 Å². The molecule has 0 amide bonds. The second-order valence-corrected chi connectivity index (χ2v) is 5.19. The van der Waals surface area contributed by atoms with Crippen molar-refractivity contribution in [3.8, 4) is 11.6 Å². The van der Waals surface area contributed by atoms with Gasteiger partial charge in [-0.2, -0.15) is 4.98 Å². The van der Waals surface area contributed by atoms with Gasteiger partial charge in [-0.3, -0.25) is 0 Å². The van der Waals surface area contributed by atoms with Crippen molar-refractivity contribution >= 4 is 21.9 Å². The second kappa shape index (κ2) is 5.57. The Labute approximate surface area is 121 Å². The molecule has 0 aliphatic rings. The fourth-order valence-electron chi connectivity index (χ4n) is 1.79. The first-order chi connectivity index (χ1) is 8.99. The van der Waals surface area contributed by atoms with Gasteiger partial charge in [-0.25, -0.2) is 4.98 Å². The third-order valence-corrected chi connectivity index (χ3v) is 3.94. The zero-order valence-electron chi connectivity index (χ0n) is 11.4. The van der Waals surface area contributed by atoms with Crippen LogP contribution < -0.4 is 10.1 Å². The van der Waals surface area contributed by atoms with Crippen LogP contribution in [0.5, 0.6) is 11.6 Å². The molecule has 0 saturated carbocycles. The van der Waals surface area contributed by atoms with E-state index >= 15 is 0 Å². The summed E-state index contributed by atoms with van der Waals surface area (Å²) in [4.78, 5) is 8.51. The molecular formula is C14H16BrN3O. The Kier molecular flexibility index (Phi) is 4.04. The first kappa shape index (κ1) is 13.8. The predicted octanol–water partition coefficient (Wildman–Crippen LogP) is 4.00. The smallest absolute Gasteiger partial charge is 0.225 e. The molecule has 0 saturated heterocycles. The van der Waals surface area contributed by atoms with Crippen molar-refractivity contribution in [3.63, 3.8) is 0 Å². The number of hydrogen-bond acceptors (Lipinski definition) is 4. The van der Waals surface area contributed by atoms with Gasteiger partial charge in [0.1, 0.15) is 5.75 Å². The maximum atomic E-state index is 5.81. The van der Waals surface area contributed by atoms with E-state index in [2.05, 4.69) is 31.2 Å². The normalized spacial score (nSPS) is 10.4. The molecule has 5 heteroatoms. The second-order valence-electron chi connectivity index (χ2n) is 4.39. The average molecular weight is 322 g/mol. The van der Waals surface area contributed by atoms with E-state index in [1.807, 2.05) is 39.0 Å². The highest BCUT2D eigenvalue weighted by atomic mass is 79.9. The van der Waals surface area contributed by atoms with Gasteiger partial charge in [0.2, 0.25) is 11.8 Å². The average Bonchev–Trinajstić information content (AvgIpc) is 2.35. The number of halogens is 1. The van der Waals surface area contributed by atoms with Gasteiger partial charge >= 0.3 is 0 Å². The number of rotatable bonds is 3. The molecule has 0 aliphatic heterocycles. The number of nitrogens with zero attached hydrogens (tertiary/aromatic N) is 2. The van der Waals surface area contributed by atoms with Crippen molar-refractivity contribution in [2.45, 2.75) is 20.8 Å². The standard InChI is InChI=1S/C14H16BrN3O/c1-8-5-11(6-9(2)13(8)15)19-12-7-10(3)17-14(16-4)18-12/h5-7H,1-4H3,(H,16,17,18). The number of nitrogens with one attached hydrogen (secondary N) is 1. The van der Waals surface area contributed by atoms with E-state index in [4.69, 9.17) is 4.74 Å². The SMILES string of the molecule is CNc1nc(C)cc(Oc2cc(C)c(Br)c(C)c2)n1. The summed E-state index contributed by atoms with van der Waals surface area (Å²) < 4.78 is 6.91. The molecule has 4 nitrogen and oxygen atoms in total. The quantitative estimate of drug-likeness (QED) is 0.928. The Bertz CT molecular complexity index is 591. The van der Waals surface area contributed by atoms with Crippen LogP contribution in [0.3, 0.4) is 0 Å². The Hall–Kier alpha value is -1.62. The van der Waals surface area contributed by atoms with Crippen LogP contribution in [-0.4, -0.2) is 17.0 Å². The molecule has 1 aromatic carbocycles. The van der Waals surface area contributed by atoms with E-state index in [9.17, 15) is 0 Å². The van der Waals surface area contributed by atoms with Crippen molar-refractivity contribution in [1.82, 2.24) is 9.97 Å². The van der Waals surface area contributed by atoms with Crippen LogP contribution in [0.25, 0.3) is 0 Å². The van der Waals surface area contributed by atoms with Crippen molar-refractivity contribution in [3.05, 3.63) is 39.5 Å². The minimum Gasteiger partial charge on any atom is -0.439 e. The highest BCUT2D eigenvalue weighted by molar-refractivity contribution is 9.10. The lowest BCUT2D eigenvalue weighted by Crippen LogP contribution is -2.00. The summed E-state index contributed by atoms with van der Waals surface area (Å²) >= 11 is 3.54. The highest BCUT2D eigenvalue weighted by Crippen LogP contribution is 2.29. The molecule has 0 radical (unpaired) electrons. The summed E-state index contributed by atoms with van der Waals surface area (Å²) in [6, 6.07) is 5.77. The summed E-state index contributed by atoms with van der Waals surface area (Å²) in [5.74, 6) is 1.87. The number of aryl methyl sites for hydroxylation is 3. The van der Waals surface area contributed by atoms with Crippen LogP contribution in [0.15, 0.2) is 22.7 Å². The van der Waals surface area contributed by atoms with Crippen LogP contribution in [0.1, 0.15) is 16.8 Å². The van der Waals surface area contributed by atoms with E-state index in [1.165, 1.54) is 0 Å². The van der Waals surface area contributed by atoms with Crippen LogP contribution in [0.4, 0.5) is 5.95 Å². The van der Waals surface area contributed by atoms with Gasteiger partial charge in [0, 0.05) is 23.3 Å². The van der Waals surface area contributed by atoms with Crippen LogP contribution in [0, 0.1) is 20.8 Å². The van der Waals surface area contributed by atoms with Crippen molar-refractivity contribution < 1.29 is 4.74 Å². The number of benzene rings is 1. The fraction of sp³-hybridized carbons (Fsp3) is 0.286. The minimum atomic E-state index is 0.540. The lowest BCUT2D eigenvalue weighted by Gasteiger charge is -2.10. The Morgan fingerprint density at radius 2 is 1.68 bits per heavy atom. The third-order valence-electron chi connectivity index (χ3n) is 2.69. The number of hydrogen-bond donors (Lipinski definition) is 1. The molecule has 1 N–H and O–H groups in total. The molecule has 1 heterocycles. The van der Waals surface area contributed by atoms with E-state index in [1.54, 1.807) is 7.05 Å². The lowest BCUT2D eigenvalue weighted by atomic mass is 10.1. The van der Waals surface area contributed by atoms with E-state index in [-0.39, 0.29) is 0 Å². The molecule has 0 unspecified atom stereocenters. The number of aromatic nitrogens is 2. The van der Waals surface area contributed by atoms with Gasteiger partial charge in [0.15, 0.2) is 0 Å². The van der Waals surface area contributed by atoms with Gasteiger partial charge in [-0.05, 0) is 44.0 Å². The maximum absolute atomic E-state index is 5.81. The summed E-state index contributed by atoms with van der Waals surface area (Å²) in [7, 11) is 1.78. The molecule has 19 heavy (non-hydrogen) atoms. The maximum Gasteiger partial charge on any atom is 0.225 e. The number of ether oxygens (including phenoxy) is 1. The van der Waals surface area contributed by atoms with E-state index in [0.717, 1.165) is 27.0 Å². The van der Waals surface area contributed by atoms with Gasteiger partial charge in [-0.1, -0.05) is 15.9 Å². The Morgan fingerprint density at radius 3 is 2.26 bits per heavy atom. The van der Waals surface area contributed by atoms with Gasteiger partial charge in [0.25, 0.3) is 0 Å². The summed E-state index contributed by atoms with van der Waals surface area (Å²) in [5.41, 5.74) is 3.13. The topological polar surface area (TPSA) is 47.0 Å². The molecule has 0 spiro atoms. The van der Waals surface area contributed by atoms with Crippen molar-refractivity contribution in [2.75, 3.05) is 12.4 Å². The zero-order valence-corrected chi connectivity index (χ0v) is 13.0. The first-order valence-corrected chi connectivity index (χ1v) is 6.77. The Morgan fingerprint density at radius 1 is 1.05 bits per heavy atom. The largest absolute Gasteiger partial charge is 0.439 e. The fourth-order valence-corrected chi connectivity index (χ4v) is 2.02. The van der Waals surface area contributed by atoms with Gasteiger partial charge in [0.05, 0.1) is 0 Å². The van der Waals surface area contributed by atoms with E-state index < -0.39 is 0 Å². The van der Waals surface area contributed by atoms with Crippen LogP contribution in [-0.2, 0) is 0 Å². The molecular weight excluding hydrogens is 306 g/mol. The van der Waals surface area contributed by atoms with Crippen molar-refractivity contribution in [1.29, 1.82) is 0 Å². The molecule has 0 fully saturated rings. The van der Waals surface area contributed by atoms with Crippen LogP contribution >= 0.6 is 15.9 Å². The summed E-state index contributed by atoms with van der Waals surface area (Å²) in [6.07, 6.45) is 0.